The average Bonchev–Trinajstić information content (AvgIpc) is 2.12. The number of terminal acetylenes is 1. The van der Waals surface area contributed by atoms with Crippen molar-refractivity contribution in [3.05, 3.63) is 0 Å². The minimum Gasteiger partial charge on any atom is -0.480 e. The maximum absolute atomic E-state index is 11.4. The topological polar surface area (TPSA) is 69.6 Å². The number of nitrogens with one attached hydrogen (secondary N) is 1. The lowest BCUT2D eigenvalue weighted by Crippen LogP contribution is -2.49. The van der Waals surface area contributed by atoms with Crippen molar-refractivity contribution in [1.29, 1.82) is 0 Å². The van der Waals surface area contributed by atoms with Crippen LogP contribution in [-0.2, 0) is 4.79 Å². The molecule has 84 valence electrons. The summed E-state index contributed by atoms with van der Waals surface area (Å²) in [5.41, 5.74) is 0. The Morgan fingerprint density at radius 2 is 2.07 bits per heavy atom. The van der Waals surface area contributed by atoms with E-state index in [4.69, 9.17) is 11.5 Å². The molecule has 0 aromatic rings. The maximum atomic E-state index is 11.4. The molecule has 2 N–H and O–H groups in total. The van der Waals surface area contributed by atoms with Crippen LogP contribution in [0.25, 0.3) is 0 Å². The van der Waals surface area contributed by atoms with Crippen LogP contribution in [0.1, 0.15) is 13.8 Å². The van der Waals surface area contributed by atoms with Gasteiger partial charge in [0.05, 0.1) is 6.54 Å². The van der Waals surface area contributed by atoms with Gasteiger partial charge < -0.3 is 15.3 Å². The fourth-order valence-electron chi connectivity index (χ4n) is 0.966. The Bertz CT molecular complexity index is 281. The van der Waals surface area contributed by atoms with Crippen LogP contribution >= 0.6 is 0 Å². The highest BCUT2D eigenvalue weighted by atomic mass is 16.4. The standard InChI is InChI=1S/C10H16N2O3/c1-5-6-12(4)10(15)11-8(7(2)3)9(13)14/h1,7-8H,6H2,2-4H3,(H,11,15)(H,13,14)/t8-/m1/s1. The van der Waals surface area contributed by atoms with Crippen LogP contribution in [0.2, 0.25) is 0 Å². The van der Waals surface area contributed by atoms with E-state index in [0.717, 1.165) is 0 Å². The molecular formula is C10H16N2O3. The summed E-state index contributed by atoms with van der Waals surface area (Å²) in [5.74, 6) is 1.07. The molecule has 0 fully saturated rings. The van der Waals surface area contributed by atoms with Crippen LogP contribution in [0.5, 0.6) is 0 Å². The highest BCUT2D eigenvalue weighted by Crippen LogP contribution is 2.02. The number of carboxylic acids is 1. The fourth-order valence-corrected chi connectivity index (χ4v) is 0.966. The second kappa shape index (κ2) is 5.91. The molecule has 5 heteroatoms. The van der Waals surface area contributed by atoms with E-state index in [9.17, 15) is 9.59 Å². The molecule has 5 nitrogen and oxygen atoms in total. The van der Waals surface area contributed by atoms with E-state index in [-0.39, 0.29) is 12.5 Å². The van der Waals surface area contributed by atoms with Gasteiger partial charge >= 0.3 is 12.0 Å². The van der Waals surface area contributed by atoms with Crippen LogP contribution in [-0.4, -0.2) is 41.6 Å². The van der Waals surface area contributed by atoms with Gasteiger partial charge in [0, 0.05) is 7.05 Å². The fraction of sp³-hybridized carbons (Fsp3) is 0.600. The average molecular weight is 212 g/mol. The van der Waals surface area contributed by atoms with E-state index in [1.165, 1.54) is 11.9 Å². The first-order valence-corrected chi connectivity index (χ1v) is 4.58. The summed E-state index contributed by atoms with van der Waals surface area (Å²) in [7, 11) is 1.51. The van der Waals surface area contributed by atoms with Crippen molar-refractivity contribution in [3.8, 4) is 12.3 Å². The van der Waals surface area contributed by atoms with Crippen molar-refractivity contribution in [2.45, 2.75) is 19.9 Å². The van der Waals surface area contributed by atoms with Gasteiger partial charge in [-0.15, -0.1) is 6.42 Å². The van der Waals surface area contributed by atoms with Crippen molar-refractivity contribution in [2.75, 3.05) is 13.6 Å². The van der Waals surface area contributed by atoms with E-state index in [1.54, 1.807) is 13.8 Å². The van der Waals surface area contributed by atoms with E-state index < -0.39 is 18.0 Å². The number of nitrogens with zero attached hydrogens (tertiary/aromatic N) is 1. The summed E-state index contributed by atoms with van der Waals surface area (Å²) in [6, 6.07) is -1.37. The molecule has 0 rings (SSSR count). The van der Waals surface area contributed by atoms with Gasteiger partial charge in [-0.25, -0.2) is 9.59 Å². The summed E-state index contributed by atoms with van der Waals surface area (Å²) in [4.78, 5) is 23.4. The van der Waals surface area contributed by atoms with Gasteiger partial charge in [-0.05, 0) is 5.92 Å². The Kier molecular flexibility index (Phi) is 5.24. The number of amides is 2. The molecule has 0 aliphatic heterocycles. The molecule has 0 aromatic heterocycles. The largest absolute Gasteiger partial charge is 0.480 e. The normalized spacial score (nSPS) is 11.7. The summed E-state index contributed by atoms with van der Waals surface area (Å²) in [6.07, 6.45) is 5.03. The van der Waals surface area contributed by atoms with Gasteiger partial charge in [0.2, 0.25) is 0 Å². The molecule has 0 saturated carbocycles. The van der Waals surface area contributed by atoms with Gasteiger partial charge in [-0.2, -0.15) is 0 Å². The number of carbonyl (C=O) groups is 2. The van der Waals surface area contributed by atoms with E-state index in [1.807, 2.05) is 0 Å². The summed E-state index contributed by atoms with van der Waals surface area (Å²) in [6.45, 7) is 3.59. The zero-order chi connectivity index (χ0) is 12.0. The van der Waals surface area contributed by atoms with Crippen LogP contribution in [0.4, 0.5) is 4.79 Å². The van der Waals surface area contributed by atoms with Crippen molar-refractivity contribution >= 4 is 12.0 Å². The number of aliphatic carboxylic acids is 1. The molecule has 0 aliphatic rings. The molecular weight excluding hydrogens is 196 g/mol. The molecule has 0 aromatic carbocycles. The van der Waals surface area contributed by atoms with Gasteiger partial charge in [0.15, 0.2) is 0 Å². The minimum absolute atomic E-state index is 0.149. The Hall–Kier alpha value is -1.70. The molecule has 1 atom stereocenters. The van der Waals surface area contributed by atoms with Gasteiger partial charge in [0.1, 0.15) is 6.04 Å². The first kappa shape index (κ1) is 13.3. The Morgan fingerprint density at radius 3 is 2.40 bits per heavy atom. The van der Waals surface area contributed by atoms with Crippen LogP contribution in [0.15, 0.2) is 0 Å². The van der Waals surface area contributed by atoms with Gasteiger partial charge in [-0.1, -0.05) is 19.8 Å². The summed E-state index contributed by atoms with van der Waals surface area (Å²) < 4.78 is 0. The third kappa shape index (κ3) is 4.36. The van der Waals surface area contributed by atoms with Crippen molar-refractivity contribution in [2.24, 2.45) is 5.92 Å². The van der Waals surface area contributed by atoms with E-state index >= 15 is 0 Å². The number of carbonyl (C=O) groups excluding carboxylic acids is 1. The number of hydrogen-bond acceptors (Lipinski definition) is 2. The molecule has 15 heavy (non-hydrogen) atoms. The summed E-state index contributed by atoms with van der Waals surface area (Å²) in [5, 5.41) is 11.2. The highest BCUT2D eigenvalue weighted by Gasteiger charge is 2.24. The smallest absolute Gasteiger partial charge is 0.326 e. The summed E-state index contributed by atoms with van der Waals surface area (Å²) >= 11 is 0. The number of carboxylic acid groups (broad SMARTS) is 1. The zero-order valence-corrected chi connectivity index (χ0v) is 9.15. The first-order valence-electron chi connectivity index (χ1n) is 4.58. The first-order chi connectivity index (χ1) is 6.90. The highest BCUT2D eigenvalue weighted by molar-refractivity contribution is 5.82. The van der Waals surface area contributed by atoms with Crippen molar-refractivity contribution in [3.63, 3.8) is 0 Å². The number of rotatable bonds is 4. The van der Waals surface area contributed by atoms with E-state index in [2.05, 4.69) is 11.2 Å². The van der Waals surface area contributed by atoms with Crippen LogP contribution < -0.4 is 5.32 Å². The monoisotopic (exact) mass is 212 g/mol. The SMILES string of the molecule is C#CCN(C)C(=O)N[C@@H](C(=O)O)C(C)C. The second-order valence-electron chi connectivity index (χ2n) is 3.57. The van der Waals surface area contributed by atoms with E-state index in [0.29, 0.717) is 0 Å². The third-order valence-electron chi connectivity index (χ3n) is 1.89. The lowest BCUT2D eigenvalue weighted by atomic mass is 10.1. The minimum atomic E-state index is -1.05. The molecule has 0 bridgehead atoms. The quantitative estimate of drug-likeness (QED) is 0.661. The van der Waals surface area contributed by atoms with Crippen molar-refractivity contribution in [1.82, 2.24) is 10.2 Å². The predicted molar refractivity (Wildman–Crippen MR) is 56.3 cm³/mol. The Morgan fingerprint density at radius 1 is 1.53 bits per heavy atom. The van der Waals surface area contributed by atoms with Gasteiger partial charge in [0.25, 0.3) is 0 Å². The van der Waals surface area contributed by atoms with Crippen LogP contribution in [0.3, 0.4) is 0 Å². The zero-order valence-electron chi connectivity index (χ0n) is 9.15. The third-order valence-corrected chi connectivity index (χ3v) is 1.89. The van der Waals surface area contributed by atoms with Gasteiger partial charge in [-0.3, -0.25) is 0 Å². The lowest BCUT2D eigenvalue weighted by Gasteiger charge is -2.21. The predicted octanol–water partition coefficient (Wildman–Crippen LogP) is 0.370. The Labute approximate surface area is 89.4 Å². The molecule has 0 heterocycles. The molecule has 0 unspecified atom stereocenters. The molecule has 0 aliphatic carbocycles. The maximum Gasteiger partial charge on any atom is 0.326 e. The second-order valence-corrected chi connectivity index (χ2v) is 3.57. The van der Waals surface area contributed by atoms with Crippen molar-refractivity contribution < 1.29 is 14.7 Å². The molecule has 0 radical (unpaired) electrons. The van der Waals surface area contributed by atoms with Crippen LogP contribution in [0, 0.1) is 18.3 Å². The lowest BCUT2D eigenvalue weighted by molar-refractivity contribution is -0.140. The number of hydrogen-bond donors (Lipinski definition) is 2. The molecule has 0 spiro atoms. The molecule has 0 saturated heterocycles. The molecule has 2 amide bonds. The Balaban J connectivity index is 4.37. The number of urea groups is 1.